The van der Waals surface area contributed by atoms with Crippen LogP contribution in [0.4, 0.5) is 5.69 Å². The van der Waals surface area contributed by atoms with Gasteiger partial charge in [-0.2, -0.15) is 0 Å². The molecule has 0 aliphatic carbocycles. The van der Waals surface area contributed by atoms with Crippen LogP contribution in [-0.2, 0) is 26.2 Å². The van der Waals surface area contributed by atoms with Crippen LogP contribution in [0, 0.1) is 0 Å². The molecule has 0 aromatic heterocycles. The molecule has 214 valence electrons. The van der Waals surface area contributed by atoms with E-state index < -0.39 is 28.5 Å². The van der Waals surface area contributed by atoms with Gasteiger partial charge in [-0.3, -0.25) is 13.9 Å². The van der Waals surface area contributed by atoms with Crippen LogP contribution >= 0.6 is 46.4 Å². The third-order valence-corrected chi connectivity index (χ3v) is 9.16. The zero-order valence-corrected chi connectivity index (χ0v) is 25.9. The van der Waals surface area contributed by atoms with E-state index in [0.717, 1.165) is 4.31 Å². The lowest BCUT2D eigenvalue weighted by molar-refractivity contribution is -0.139. The van der Waals surface area contributed by atoms with Gasteiger partial charge in [0.2, 0.25) is 11.8 Å². The zero-order chi connectivity index (χ0) is 29.6. The number of halogens is 4. The van der Waals surface area contributed by atoms with E-state index in [1.165, 1.54) is 47.4 Å². The smallest absolute Gasteiger partial charge is 0.264 e. The Labute approximate surface area is 255 Å². The third kappa shape index (κ3) is 8.04. The first-order valence-electron chi connectivity index (χ1n) is 12.4. The summed E-state index contributed by atoms with van der Waals surface area (Å²) in [5.41, 5.74) is 0.717. The average molecular weight is 645 g/mol. The van der Waals surface area contributed by atoms with Gasteiger partial charge in [0.05, 0.1) is 10.6 Å². The molecule has 0 heterocycles. The Morgan fingerprint density at radius 3 is 2.10 bits per heavy atom. The topological polar surface area (TPSA) is 86.8 Å². The highest BCUT2D eigenvalue weighted by Gasteiger charge is 2.33. The lowest BCUT2D eigenvalue weighted by Crippen LogP contribution is -2.52. The number of hydrogen-bond acceptors (Lipinski definition) is 4. The van der Waals surface area contributed by atoms with Crippen molar-refractivity contribution < 1.29 is 18.0 Å². The van der Waals surface area contributed by atoms with E-state index in [9.17, 15) is 18.0 Å². The number of carbonyl (C=O) groups excluding carboxylic acids is 2. The molecule has 0 bridgehead atoms. The number of nitrogens with one attached hydrogen (secondary N) is 1. The van der Waals surface area contributed by atoms with Crippen LogP contribution in [0.2, 0.25) is 20.1 Å². The lowest BCUT2D eigenvalue weighted by atomic mass is 10.1. The molecule has 3 aromatic carbocycles. The maximum atomic E-state index is 13.9. The Morgan fingerprint density at radius 1 is 0.875 bits per heavy atom. The fourth-order valence-corrected chi connectivity index (χ4v) is 5.96. The van der Waals surface area contributed by atoms with E-state index in [1.54, 1.807) is 31.2 Å². The fraction of sp³-hybridized carbons (Fsp3) is 0.286. The molecule has 12 heteroatoms. The molecular weight excluding hydrogens is 616 g/mol. The second-order valence-corrected chi connectivity index (χ2v) is 12.8. The summed E-state index contributed by atoms with van der Waals surface area (Å²) >= 11 is 24.6. The fourth-order valence-electron chi connectivity index (χ4n) is 3.78. The van der Waals surface area contributed by atoms with Gasteiger partial charge >= 0.3 is 0 Å². The predicted molar refractivity (Wildman–Crippen MR) is 162 cm³/mol. The SMILES string of the molecule is CC[C@H](C)NC(=O)[C@H](C)N(Cc1ccc(Cl)cc1Cl)C(=O)CN(c1cccc(Cl)c1)S(=O)(=O)c1ccc(Cl)cc1. The zero-order valence-electron chi connectivity index (χ0n) is 22.1. The van der Waals surface area contributed by atoms with Crippen LogP contribution in [0.25, 0.3) is 0 Å². The van der Waals surface area contributed by atoms with Crippen LogP contribution < -0.4 is 9.62 Å². The molecule has 0 aliphatic rings. The van der Waals surface area contributed by atoms with Gasteiger partial charge in [-0.05, 0) is 80.4 Å². The highest BCUT2D eigenvalue weighted by atomic mass is 35.5. The number of hydrogen-bond donors (Lipinski definition) is 1. The van der Waals surface area contributed by atoms with Gasteiger partial charge in [0, 0.05) is 32.7 Å². The van der Waals surface area contributed by atoms with E-state index in [-0.39, 0.29) is 34.1 Å². The van der Waals surface area contributed by atoms with Crippen molar-refractivity contribution in [2.24, 2.45) is 0 Å². The minimum atomic E-state index is -4.25. The highest BCUT2D eigenvalue weighted by Crippen LogP contribution is 2.28. The summed E-state index contributed by atoms with van der Waals surface area (Å²) < 4.78 is 28.6. The van der Waals surface area contributed by atoms with Gasteiger partial charge < -0.3 is 10.2 Å². The van der Waals surface area contributed by atoms with Crippen molar-refractivity contribution in [2.75, 3.05) is 10.8 Å². The molecule has 2 amide bonds. The Morgan fingerprint density at radius 2 is 1.50 bits per heavy atom. The van der Waals surface area contributed by atoms with E-state index in [1.807, 2.05) is 13.8 Å². The quantitative estimate of drug-likeness (QED) is 0.248. The van der Waals surface area contributed by atoms with Crippen molar-refractivity contribution in [1.29, 1.82) is 0 Å². The Kier molecular flexibility index (Phi) is 11.1. The molecule has 1 N–H and O–H groups in total. The third-order valence-electron chi connectivity index (χ3n) is 6.30. The first kappa shape index (κ1) is 32.0. The number of rotatable bonds is 11. The molecule has 3 rings (SSSR count). The minimum Gasteiger partial charge on any atom is -0.352 e. The summed E-state index contributed by atoms with van der Waals surface area (Å²) in [6, 6.07) is 15.5. The molecule has 0 saturated carbocycles. The van der Waals surface area contributed by atoms with Gasteiger partial charge in [0.1, 0.15) is 12.6 Å². The van der Waals surface area contributed by atoms with E-state index in [4.69, 9.17) is 46.4 Å². The number of benzene rings is 3. The highest BCUT2D eigenvalue weighted by molar-refractivity contribution is 7.92. The number of sulfonamides is 1. The molecule has 40 heavy (non-hydrogen) atoms. The molecule has 0 radical (unpaired) electrons. The van der Waals surface area contributed by atoms with E-state index in [0.29, 0.717) is 27.1 Å². The van der Waals surface area contributed by atoms with Gasteiger partial charge in [0.25, 0.3) is 10.0 Å². The summed E-state index contributed by atoms with van der Waals surface area (Å²) in [6.07, 6.45) is 0.692. The molecule has 0 aliphatic heterocycles. The lowest BCUT2D eigenvalue weighted by Gasteiger charge is -2.32. The maximum absolute atomic E-state index is 13.9. The Bertz CT molecular complexity index is 1470. The van der Waals surface area contributed by atoms with Crippen LogP contribution in [0.3, 0.4) is 0 Å². The van der Waals surface area contributed by atoms with Crippen molar-refractivity contribution in [2.45, 2.75) is 50.7 Å². The first-order chi connectivity index (χ1) is 18.8. The van der Waals surface area contributed by atoms with Crippen molar-refractivity contribution in [3.63, 3.8) is 0 Å². The largest absolute Gasteiger partial charge is 0.352 e. The minimum absolute atomic E-state index is 0.0612. The van der Waals surface area contributed by atoms with Crippen molar-refractivity contribution >= 4 is 73.9 Å². The summed E-state index contributed by atoms with van der Waals surface area (Å²) in [6.45, 7) is 4.69. The van der Waals surface area contributed by atoms with Crippen molar-refractivity contribution in [3.05, 3.63) is 92.4 Å². The molecular formula is C28H29Cl4N3O4S. The average Bonchev–Trinajstić information content (AvgIpc) is 2.90. The van der Waals surface area contributed by atoms with Crippen molar-refractivity contribution in [3.8, 4) is 0 Å². The maximum Gasteiger partial charge on any atom is 0.264 e. The van der Waals surface area contributed by atoms with E-state index in [2.05, 4.69) is 5.32 Å². The standard InChI is InChI=1S/C28H29Cl4N3O4S/c1-4-18(2)33-28(37)19(3)34(16-20-8-9-23(31)15-26(20)32)27(36)17-35(24-7-5-6-22(30)14-24)40(38,39)25-12-10-21(29)11-13-25/h5-15,18-19H,4,16-17H2,1-3H3,(H,33,37)/t18-,19-/m0/s1. The number of anilines is 1. The predicted octanol–water partition coefficient (Wildman–Crippen LogP) is 6.83. The van der Waals surface area contributed by atoms with Gasteiger partial charge in [-0.15, -0.1) is 0 Å². The Hall–Kier alpha value is -2.49. The monoisotopic (exact) mass is 643 g/mol. The van der Waals surface area contributed by atoms with Gasteiger partial charge in [0.15, 0.2) is 0 Å². The molecule has 3 aromatic rings. The van der Waals surface area contributed by atoms with E-state index >= 15 is 0 Å². The second-order valence-electron chi connectivity index (χ2n) is 9.20. The molecule has 0 fully saturated rings. The summed E-state index contributed by atoms with van der Waals surface area (Å²) in [4.78, 5) is 28.3. The molecule has 7 nitrogen and oxygen atoms in total. The normalized spacial score (nSPS) is 12.9. The van der Waals surface area contributed by atoms with Crippen LogP contribution in [0.5, 0.6) is 0 Å². The summed E-state index contributed by atoms with van der Waals surface area (Å²) in [5, 5.41) is 4.24. The summed E-state index contributed by atoms with van der Waals surface area (Å²) in [5.74, 6) is -1.02. The van der Waals surface area contributed by atoms with Gasteiger partial charge in [-0.25, -0.2) is 8.42 Å². The second kappa shape index (κ2) is 13.9. The van der Waals surface area contributed by atoms with Crippen LogP contribution in [0.1, 0.15) is 32.8 Å². The molecule has 0 spiro atoms. The number of amides is 2. The van der Waals surface area contributed by atoms with Crippen molar-refractivity contribution in [1.82, 2.24) is 10.2 Å². The number of nitrogens with zero attached hydrogens (tertiary/aromatic N) is 2. The number of carbonyl (C=O) groups is 2. The first-order valence-corrected chi connectivity index (χ1v) is 15.4. The molecule has 2 atom stereocenters. The van der Waals surface area contributed by atoms with Gasteiger partial charge in [-0.1, -0.05) is 65.5 Å². The summed E-state index contributed by atoms with van der Waals surface area (Å²) in [7, 11) is -4.25. The molecule has 0 unspecified atom stereocenters. The van der Waals surface area contributed by atoms with Crippen LogP contribution in [0.15, 0.2) is 71.6 Å². The Balaban J connectivity index is 2.05. The molecule has 0 saturated heterocycles. The van der Waals surface area contributed by atoms with Crippen LogP contribution in [-0.4, -0.2) is 43.8 Å².